The van der Waals surface area contributed by atoms with Gasteiger partial charge in [0.25, 0.3) is 0 Å². The van der Waals surface area contributed by atoms with Crippen LogP contribution in [0.15, 0.2) is 11.8 Å². The summed E-state index contributed by atoms with van der Waals surface area (Å²) in [7, 11) is 1.64. The zero-order valence-corrected chi connectivity index (χ0v) is 19.6. The molecule has 1 aliphatic carbocycles. The maximum Gasteiger partial charge on any atom is 0.215 e. The van der Waals surface area contributed by atoms with Crippen LogP contribution in [0.5, 0.6) is 0 Å². The van der Waals surface area contributed by atoms with Gasteiger partial charge in [-0.2, -0.15) is 0 Å². The minimum atomic E-state index is -1.28. The van der Waals surface area contributed by atoms with Crippen LogP contribution in [-0.4, -0.2) is 109 Å². The lowest BCUT2D eigenvalue weighted by atomic mass is 9.83. The second kappa shape index (κ2) is 11.2. The van der Waals surface area contributed by atoms with E-state index in [0.717, 1.165) is 0 Å². The van der Waals surface area contributed by atoms with Gasteiger partial charge in [0.1, 0.15) is 35.8 Å². The van der Waals surface area contributed by atoms with Crippen LogP contribution < -0.4 is 27.8 Å². The van der Waals surface area contributed by atoms with Crippen LogP contribution in [0, 0.1) is 0 Å². The zero-order chi connectivity index (χ0) is 24.3. The lowest BCUT2D eigenvalue weighted by Crippen LogP contribution is -2.69. The second-order valence-corrected chi connectivity index (χ2v) is 9.31. The molecule has 1 saturated carbocycles. The van der Waals surface area contributed by atoms with E-state index in [2.05, 4.69) is 10.6 Å². The van der Waals surface area contributed by atoms with Crippen LogP contribution in [0.2, 0.25) is 0 Å². The van der Waals surface area contributed by atoms with Crippen molar-refractivity contribution in [2.45, 2.75) is 93.5 Å². The van der Waals surface area contributed by atoms with E-state index in [9.17, 15) is 15.3 Å². The van der Waals surface area contributed by atoms with Crippen molar-refractivity contribution in [3.8, 4) is 0 Å². The van der Waals surface area contributed by atoms with Crippen molar-refractivity contribution < 1.29 is 34.3 Å². The summed E-state index contributed by atoms with van der Waals surface area (Å²) in [5, 5.41) is 38.8. The van der Waals surface area contributed by atoms with Gasteiger partial charge in [-0.3, -0.25) is 0 Å². The van der Waals surface area contributed by atoms with Gasteiger partial charge in [0.05, 0.1) is 25.2 Å². The van der Waals surface area contributed by atoms with Crippen LogP contribution in [-0.2, 0) is 18.9 Å². The SMILES string of the molecule is CCN[C@H]1C[C@H](N)[C@H](O[C@H]2OC(CN)=CC[C@H]2N)[C@H](O)[C@@H]1O[C@H]1OC[C@](C)(O)[C@@H](NC)[C@H]1O. The third-order valence-corrected chi connectivity index (χ3v) is 6.64. The molecule has 33 heavy (non-hydrogen) atoms. The number of nitrogens with one attached hydrogen (secondary N) is 2. The van der Waals surface area contributed by atoms with E-state index in [-0.39, 0.29) is 19.2 Å². The Labute approximate surface area is 194 Å². The van der Waals surface area contributed by atoms with E-state index in [1.165, 1.54) is 0 Å². The summed E-state index contributed by atoms with van der Waals surface area (Å²) < 4.78 is 23.6. The molecule has 0 radical (unpaired) electrons. The van der Waals surface area contributed by atoms with E-state index < -0.39 is 60.7 Å². The van der Waals surface area contributed by atoms with Crippen molar-refractivity contribution in [3.05, 3.63) is 11.8 Å². The fourth-order valence-electron chi connectivity index (χ4n) is 4.86. The molecule has 0 aromatic rings. The molecule has 12 heteroatoms. The van der Waals surface area contributed by atoms with Crippen LogP contribution in [0.1, 0.15) is 26.7 Å². The third-order valence-electron chi connectivity index (χ3n) is 6.64. The summed E-state index contributed by atoms with van der Waals surface area (Å²) in [4.78, 5) is 0. The molecular formula is C21H41N5O7. The highest BCUT2D eigenvalue weighted by molar-refractivity contribution is 5.05. The van der Waals surface area contributed by atoms with Gasteiger partial charge in [-0.1, -0.05) is 6.92 Å². The Kier molecular flexibility index (Phi) is 9.08. The molecule has 11 N–H and O–H groups in total. The van der Waals surface area contributed by atoms with Crippen LogP contribution in [0.3, 0.4) is 0 Å². The lowest BCUT2D eigenvalue weighted by molar-refractivity contribution is -0.304. The van der Waals surface area contributed by atoms with Crippen LogP contribution in [0.25, 0.3) is 0 Å². The Morgan fingerprint density at radius 3 is 2.48 bits per heavy atom. The summed E-state index contributed by atoms with van der Waals surface area (Å²) in [6.07, 6.45) is -3.05. The average Bonchev–Trinajstić information content (AvgIpc) is 2.76. The van der Waals surface area contributed by atoms with Gasteiger partial charge in [0.15, 0.2) is 6.29 Å². The monoisotopic (exact) mass is 475 g/mol. The van der Waals surface area contributed by atoms with Gasteiger partial charge in [0.2, 0.25) is 6.29 Å². The molecular weight excluding hydrogens is 434 g/mol. The van der Waals surface area contributed by atoms with Crippen molar-refractivity contribution in [2.24, 2.45) is 17.2 Å². The first kappa shape index (κ1) is 26.7. The van der Waals surface area contributed by atoms with Crippen molar-refractivity contribution in [1.82, 2.24) is 10.6 Å². The van der Waals surface area contributed by atoms with Crippen molar-refractivity contribution in [3.63, 3.8) is 0 Å². The number of hydrogen-bond acceptors (Lipinski definition) is 12. The number of rotatable bonds is 8. The van der Waals surface area contributed by atoms with Gasteiger partial charge in [-0.25, -0.2) is 0 Å². The standard InChI is InChI=1S/C21H41N5O7/c1-4-26-13-7-12(24)16(32-19-11(23)6-5-10(8-22)31-19)14(27)17(13)33-20-15(28)18(25-3)21(2,29)9-30-20/h5,11-20,25-29H,4,6-9,22-24H2,1-3H3/t11-,12+,13+,14+,15-,16+,17-,18+,19-,20-,21+/m1/s1. The van der Waals surface area contributed by atoms with E-state index in [1.54, 1.807) is 14.0 Å². The highest BCUT2D eigenvalue weighted by Crippen LogP contribution is 2.31. The highest BCUT2D eigenvalue weighted by atomic mass is 16.7. The fraction of sp³-hybridized carbons (Fsp3) is 0.905. The molecule has 0 amide bonds. The minimum Gasteiger partial charge on any atom is -0.467 e. The zero-order valence-electron chi connectivity index (χ0n) is 19.6. The first-order valence-electron chi connectivity index (χ1n) is 11.6. The first-order chi connectivity index (χ1) is 15.6. The third kappa shape index (κ3) is 5.85. The largest absolute Gasteiger partial charge is 0.467 e. The Morgan fingerprint density at radius 1 is 1.15 bits per heavy atom. The molecule has 0 aromatic heterocycles. The Hall–Kier alpha value is -0.900. The number of nitrogens with two attached hydrogens (primary N) is 3. The average molecular weight is 476 g/mol. The second-order valence-electron chi connectivity index (χ2n) is 9.31. The predicted molar refractivity (Wildman–Crippen MR) is 120 cm³/mol. The van der Waals surface area contributed by atoms with Gasteiger partial charge >= 0.3 is 0 Å². The molecule has 2 fully saturated rings. The van der Waals surface area contributed by atoms with E-state index >= 15 is 0 Å². The number of hydrogen-bond donors (Lipinski definition) is 8. The lowest BCUT2D eigenvalue weighted by Gasteiger charge is -2.49. The summed E-state index contributed by atoms with van der Waals surface area (Å²) in [6, 6.07) is -1.95. The van der Waals surface area contributed by atoms with Crippen molar-refractivity contribution >= 4 is 0 Å². The molecule has 1 saturated heterocycles. The van der Waals surface area contributed by atoms with Crippen LogP contribution in [0.4, 0.5) is 0 Å². The number of aliphatic hydroxyl groups excluding tert-OH is 2. The van der Waals surface area contributed by atoms with Gasteiger partial charge < -0.3 is 62.1 Å². The van der Waals surface area contributed by atoms with E-state index in [0.29, 0.717) is 25.1 Å². The Morgan fingerprint density at radius 2 is 1.85 bits per heavy atom. The minimum absolute atomic E-state index is 0.0483. The van der Waals surface area contributed by atoms with Gasteiger partial charge in [-0.15, -0.1) is 0 Å². The van der Waals surface area contributed by atoms with Gasteiger partial charge in [0, 0.05) is 12.1 Å². The fourth-order valence-corrected chi connectivity index (χ4v) is 4.86. The number of ether oxygens (including phenoxy) is 4. The maximum atomic E-state index is 11.3. The molecule has 3 rings (SSSR count). The van der Waals surface area contributed by atoms with Gasteiger partial charge in [-0.05, 0) is 39.4 Å². The molecule has 12 nitrogen and oxygen atoms in total. The van der Waals surface area contributed by atoms with E-state index in [4.69, 9.17) is 36.1 Å². The summed E-state index contributed by atoms with van der Waals surface area (Å²) in [5.41, 5.74) is 16.9. The molecule has 0 spiro atoms. The summed E-state index contributed by atoms with van der Waals surface area (Å²) in [5.74, 6) is 0.572. The van der Waals surface area contributed by atoms with Crippen molar-refractivity contribution in [2.75, 3.05) is 26.7 Å². The van der Waals surface area contributed by atoms with Crippen molar-refractivity contribution in [1.29, 1.82) is 0 Å². The quantitative estimate of drug-likeness (QED) is 0.175. The molecule has 11 atom stereocenters. The summed E-state index contributed by atoms with van der Waals surface area (Å²) >= 11 is 0. The molecule has 0 unspecified atom stereocenters. The molecule has 2 aliphatic heterocycles. The van der Waals surface area contributed by atoms with E-state index in [1.807, 2.05) is 13.0 Å². The molecule has 2 heterocycles. The molecule has 0 aromatic carbocycles. The first-order valence-corrected chi connectivity index (χ1v) is 11.6. The molecule has 0 bridgehead atoms. The Bertz CT molecular complexity index is 669. The smallest absolute Gasteiger partial charge is 0.215 e. The summed E-state index contributed by atoms with van der Waals surface area (Å²) in [6.45, 7) is 4.30. The van der Waals surface area contributed by atoms with Crippen LogP contribution >= 0.6 is 0 Å². The Balaban J connectivity index is 1.75. The highest BCUT2D eigenvalue weighted by Gasteiger charge is 2.51. The molecule has 192 valence electrons. The predicted octanol–water partition coefficient (Wildman–Crippen LogP) is -3.20. The number of aliphatic hydroxyl groups is 3. The topological polar surface area (TPSA) is 200 Å². The number of likely N-dealkylation sites (N-methyl/N-ethyl adjacent to an activating group) is 2. The maximum absolute atomic E-state index is 11.3. The molecule has 3 aliphatic rings. The normalized spacial score (nSPS) is 46.5.